The van der Waals surface area contributed by atoms with Crippen LogP contribution in [-0.4, -0.2) is 12.4 Å². The van der Waals surface area contributed by atoms with Gasteiger partial charge in [0, 0.05) is 17.0 Å². The van der Waals surface area contributed by atoms with Gasteiger partial charge in [-0.15, -0.1) is 0 Å². The van der Waals surface area contributed by atoms with Gasteiger partial charge in [-0.1, -0.05) is 19.9 Å². The van der Waals surface area contributed by atoms with E-state index in [1.807, 2.05) is 13.8 Å². The summed E-state index contributed by atoms with van der Waals surface area (Å²) in [5.41, 5.74) is 5.70. The Kier molecular flexibility index (Phi) is 3.45. The number of hydrogen-bond donors (Lipinski definition) is 1. The fourth-order valence-corrected chi connectivity index (χ4v) is 3.60. The van der Waals surface area contributed by atoms with Crippen LogP contribution in [0.2, 0.25) is 0 Å². The van der Waals surface area contributed by atoms with Crippen LogP contribution in [0.1, 0.15) is 19.4 Å². The highest BCUT2D eigenvalue weighted by atomic mass is 19.1. The van der Waals surface area contributed by atoms with E-state index in [0.717, 1.165) is 6.07 Å². The van der Waals surface area contributed by atoms with Gasteiger partial charge in [-0.3, -0.25) is 0 Å². The third-order valence-corrected chi connectivity index (χ3v) is 5.08. The molecule has 2 aromatic carbocycles. The zero-order valence-electron chi connectivity index (χ0n) is 14.3. The predicted molar refractivity (Wildman–Crippen MR) is 93.6 cm³/mol. The fraction of sp³-hybridized carbons (Fsp3) is 0.250. The molecule has 3 nitrogen and oxygen atoms in total. The first-order chi connectivity index (χ1) is 12.2. The fourth-order valence-electron chi connectivity index (χ4n) is 3.60. The number of fused-ring (bicyclic) bond motifs is 2. The van der Waals surface area contributed by atoms with Crippen molar-refractivity contribution in [2.45, 2.75) is 19.4 Å². The van der Waals surface area contributed by atoms with Crippen molar-refractivity contribution in [1.29, 1.82) is 0 Å². The number of benzene rings is 2. The molecule has 0 aliphatic carbocycles. The molecule has 1 unspecified atom stereocenters. The van der Waals surface area contributed by atoms with Crippen molar-refractivity contribution in [2.75, 3.05) is 6.61 Å². The van der Waals surface area contributed by atoms with Crippen LogP contribution < -0.4 is 10.5 Å². The number of hydrogen-bond acceptors (Lipinski definition) is 3. The van der Waals surface area contributed by atoms with Gasteiger partial charge in [0.15, 0.2) is 11.7 Å². The SMILES string of the molecule is CC1(C)COc2ccc(-c3cc(F)cc(F)c3)cc2C12C=C(F)C(N)=N2. The van der Waals surface area contributed by atoms with E-state index in [1.54, 1.807) is 18.2 Å². The van der Waals surface area contributed by atoms with Crippen molar-refractivity contribution in [1.82, 2.24) is 0 Å². The number of rotatable bonds is 1. The Bertz CT molecular complexity index is 941. The summed E-state index contributed by atoms with van der Waals surface area (Å²) >= 11 is 0. The Morgan fingerprint density at radius 2 is 1.69 bits per heavy atom. The van der Waals surface area contributed by atoms with Gasteiger partial charge < -0.3 is 10.5 Å². The minimum Gasteiger partial charge on any atom is -0.493 e. The van der Waals surface area contributed by atoms with E-state index < -0.39 is 28.4 Å². The second-order valence-corrected chi connectivity index (χ2v) is 7.30. The molecule has 2 aliphatic rings. The lowest BCUT2D eigenvalue weighted by Gasteiger charge is -2.45. The highest BCUT2D eigenvalue weighted by molar-refractivity contribution is 5.98. The third kappa shape index (κ3) is 2.32. The molecule has 2 N–H and O–H groups in total. The van der Waals surface area contributed by atoms with E-state index in [-0.39, 0.29) is 5.84 Å². The molecule has 1 spiro atoms. The van der Waals surface area contributed by atoms with E-state index in [1.165, 1.54) is 18.2 Å². The van der Waals surface area contributed by atoms with Crippen LogP contribution in [-0.2, 0) is 5.54 Å². The van der Waals surface area contributed by atoms with E-state index in [4.69, 9.17) is 10.5 Å². The van der Waals surface area contributed by atoms with E-state index in [9.17, 15) is 13.2 Å². The number of aliphatic imine (C=N–C) groups is 1. The Labute approximate surface area is 149 Å². The van der Waals surface area contributed by atoms with Gasteiger partial charge in [0.2, 0.25) is 0 Å². The molecule has 4 rings (SSSR count). The number of amidine groups is 1. The van der Waals surface area contributed by atoms with Gasteiger partial charge in [-0.2, -0.15) is 0 Å². The molecular weight excluding hydrogens is 341 g/mol. The lowest BCUT2D eigenvalue weighted by atomic mass is 9.67. The molecule has 26 heavy (non-hydrogen) atoms. The van der Waals surface area contributed by atoms with Crippen LogP contribution >= 0.6 is 0 Å². The van der Waals surface area contributed by atoms with Gasteiger partial charge in [0.1, 0.15) is 22.9 Å². The molecule has 0 radical (unpaired) electrons. The zero-order valence-corrected chi connectivity index (χ0v) is 14.3. The standard InChI is InChI=1S/C20H17F3N2O/c1-19(2)10-26-17-4-3-11(12-5-13(21)8-14(22)6-12)7-15(17)20(19)9-16(23)18(24)25-20/h3-9H,10H2,1-2H3,(H2,24,25). The molecule has 0 saturated carbocycles. The minimum absolute atomic E-state index is 0.159. The molecule has 0 bridgehead atoms. The lowest BCUT2D eigenvalue weighted by Crippen LogP contribution is -2.46. The van der Waals surface area contributed by atoms with Crippen LogP contribution in [0.25, 0.3) is 11.1 Å². The van der Waals surface area contributed by atoms with Crippen molar-refractivity contribution < 1.29 is 17.9 Å². The lowest BCUT2D eigenvalue weighted by molar-refractivity contribution is 0.0855. The summed E-state index contributed by atoms with van der Waals surface area (Å²) < 4.78 is 47.2. The Morgan fingerprint density at radius 3 is 2.31 bits per heavy atom. The summed E-state index contributed by atoms with van der Waals surface area (Å²) in [6.07, 6.45) is 1.40. The summed E-state index contributed by atoms with van der Waals surface area (Å²) in [6.45, 7) is 4.15. The first-order valence-electron chi connectivity index (χ1n) is 8.20. The number of halogens is 3. The van der Waals surface area contributed by atoms with Crippen molar-refractivity contribution in [3.63, 3.8) is 0 Å². The molecule has 2 aromatic rings. The Hall–Kier alpha value is -2.76. The van der Waals surface area contributed by atoms with Gasteiger partial charge >= 0.3 is 0 Å². The van der Waals surface area contributed by atoms with Crippen molar-refractivity contribution in [3.8, 4) is 16.9 Å². The summed E-state index contributed by atoms with van der Waals surface area (Å²) in [5.74, 6) is -1.52. The van der Waals surface area contributed by atoms with Gasteiger partial charge in [0.25, 0.3) is 0 Å². The average molecular weight is 358 g/mol. The molecule has 6 heteroatoms. The number of ether oxygens (including phenoxy) is 1. The molecule has 0 aromatic heterocycles. The topological polar surface area (TPSA) is 47.6 Å². The number of nitrogens with zero attached hydrogens (tertiary/aromatic N) is 1. The molecule has 2 heterocycles. The van der Waals surface area contributed by atoms with Crippen LogP contribution in [0.3, 0.4) is 0 Å². The van der Waals surface area contributed by atoms with Crippen molar-refractivity contribution in [3.05, 3.63) is 65.5 Å². The van der Waals surface area contributed by atoms with Crippen LogP contribution in [0, 0.1) is 17.0 Å². The van der Waals surface area contributed by atoms with Gasteiger partial charge in [-0.25, -0.2) is 18.2 Å². The molecule has 0 fully saturated rings. The van der Waals surface area contributed by atoms with Crippen molar-refractivity contribution >= 4 is 5.84 Å². The zero-order chi connectivity index (χ0) is 18.7. The monoisotopic (exact) mass is 358 g/mol. The predicted octanol–water partition coefficient (Wildman–Crippen LogP) is 4.47. The van der Waals surface area contributed by atoms with E-state index >= 15 is 0 Å². The highest BCUT2D eigenvalue weighted by Gasteiger charge is 2.53. The van der Waals surface area contributed by atoms with E-state index in [2.05, 4.69) is 4.99 Å². The van der Waals surface area contributed by atoms with Crippen LogP contribution in [0.4, 0.5) is 13.2 Å². The van der Waals surface area contributed by atoms with Gasteiger partial charge in [-0.05, 0) is 41.5 Å². The maximum absolute atomic E-state index is 14.2. The maximum Gasteiger partial charge on any atom is 0.163 e. The second kappa shape index (κ2) is 5.37. The summed E-state index contributed by atoms with van der Waals surface area (Å²) in [7, 11) is 0. The molecule has 134 valence electrons. The minimum atomic E-state index is -1.03. The molecule has 0 amide bonds. The quantitative estimate of drug-likeness (QED) is 0.818. The third-order valence-electron chi connectivity index (χ3n) is 5.08. The van der Waals surface area contributed by atoms with Crippen LogP contribution in [0.5, 0.6) is 5.75 Å². The average Bonchev–Trinajstić information content (AvgIpc) is 2.87. The second-order valence-electron chi connectivity index (χ2n) is 7.30. The highest BCUT2D eigenvalue weighted by Crippen LogP contribution is 2.54. The first-order valence-corrected chi connectivity index (χ1v) is 8.20. The number of nitrogens with two attached hydrogens (primary N) is 1. The van der Waals surface area contributed by atoms with Crippen LogP contribution in [0.15, 0.2) is 53.3 Å². The van der Waals surface area contributed by atoms with E-state index in [0.29, 0.717) is 29.0 Å². The molecular formula is C20H17F3N2O. The summed E-state index contributed by atoms with van der Waals surface area (Å²) in [5, 5.41) is 0. The molecule has 1 atom stereocenters. The molecule has 2 aliphatic heterocycles. The van der Waals surface area contributed by atoms with Gasteiger partial charge in [0.05, 0.1) is 6.61 Å². The normalized spacial score (nSPS) is 23.3. The Morgan fingerprint density at radius 1 is 1.00 bits per heavy atom. The first kappa shape index (κ1) is 16.7. The largest absolute Gasteiger partial charge is 0.493 e. The smallest absolute Gasteiger partial charge is 0.163 e. The summed E-state index contributed by atoms with van der Waals surface area (Å²) in [4.78, 5) is 4.42. The van der Waals surface area contributed by atoms with Crippen molar-refractivity contribution in [2.24, 2.45) is 16.1 Å². The maximum atomic E-state index is 14.2. The summed E-state index contributed by atoms with van der Waals surface area (Å²) in [6, 6.07) is 8.46. The molecule has 0 saturated heterocycles. The Balaban J connectivity index is 1.95.